The number of urea groups is 1. The lowest BCUT2D eigenvalue weighted by Gasteiger charge is -2.34. The number of halogens is 1. The van der Waals surface area contributed by atoms with Gasteiger partial charge in [-0.15, -0.1) is 0 Å². The second kappa shape index (κ2) is 13.0. The summed E-state index contributed by atoms with van der Waals surface area (Å²) in [6, 6.07) is 25.0. The molecule has 1 saturated heterocycles. The maximum Gasteiger partial charge on any atom is 0.343 e. The molecule has 0 saturated carbocycles. The molecule has 0 spiro atoms. The third-order valence-electron chi connectivity index (χ3n) is 6.86. The number of methoxy groups -OCH3 is 1. The lowest BCUT2D eigenvalue weighted by Crippen LogP contribution is -2.57. The fourth-order valence-corrected chi connectivity index (χ4v) is 5.24. The second-order valence-electron chi connectivity index (χ2n) is 9.98. The Morgan fingerprint density at radius 3 is 2.00 bits per heavy atom. The van der Waals surface area contributed by atoms with Crippen LogP contribution in [-0.2, 0) is 14.4 Å². The Hall–Kier alpha value is -5.22. The SMILES string of the molecule is COc1cc(C=C2C(=O)N(c3ccccc3)C(=O)N(c3ccccc3)C2=O)cc(Br)c1OCC(=O)Nc1cc(C)ccc1C. The van der Waals surface area contributed by atoms with Gasteiger partial charge in [0.1, 0.15) is 5.57 Å². The molecule has 44 heavy (non-hydrogen) atoms. The number of anilines is 3. The summed E-state index contributed by atoms with van der Waals surface area (Å²) >= 11 is 3.47. The molecule has 1 aliphatic rings. The summed E-state index contributed by atoms with van der Waals surface area (Å²) in [6.45, 7) is 3.55. The molecule has 10 heteroatoms. The fourth-order valence-electron chi connectivity index (χ4n) is 4.66. The van der Waals surface area contributed by atoms with Gasteiger partial charge in [-0.05, 0) is 95.0 Å². The predicted octanol–water partition coefficient (Wildman–Crippen LogP) is 6.68. The van der Waals surface area contributed by atoms with Crippen LogP contribution in [0.3, 0.4) is 0 Å². The first-order valence-electron chi connectivity index (χ1n) is 13.6. The highest BCUT2D eigenvalue weighted by atomic mass is 79.9. The zero-order chi connectivity index (χ0) is 31.4. The average Bonchev–Trinajstić information content (AvgIpc) is 3.01. The molecule has 5 amide bonds. The molecule has 0 bridgehead atoms. The Bertz CT molecular complexity index is 1730. The molecule has 9 nitrogen and oxygen atoms in total. The number of benzene rings is 4. The van der Waals surface area contributed by atoms with Gasteiger partial charge in [-0.25, -0.2) is 14.6 Å². The van der Waals surface area contributed by atoms with Crippen LogP contribution in [0.1, 0.15) is 16.7 Å². The van der Waals surface area contributed by atoms with E-state index in [4.69, 9.17) is 9.47 Å². The molecule has 1 heterocycles. The molecular formula is C34H28BrN3O6. The third-order valence-corrected chi connectivity index (χ3v) is 7.44. The maximum atomic E-state index is 13.7. The number of nitrogens with one attached hydrogen (secondary N) is 1. The number of amides is 5. The van der Waals surface area contributed by atoms with Crippen molar-refractivity contribution < 1.29 is 28.7 Å². The molecule has 4 aromatic carbocycles. The number of imide groups is 2. The summed E-state index contributed by atoms with van der Waals surface area (Å²) in [5, 5.41) is 2.85. The van der Waals surface area contributed by atoms with Gasteiger partial charge in [0.2, 0.25) is 0 Å². The molecular weight excluding hydrogens is 626 g/mol. The monoisotopic (exact) mass is 653 g/mol. The van der Waals surface area contributed by atoms with Crippen molar-refractivity contribution in [2.24, 2.45) is 0 Å². The van der Waals surface area contributed by atoms with E-state index in [-0.39, 0.29) is 29.6 Å². The van der Waals surface area contributed by atoms with E-state index in [1.54, 1.807) is 72.8 Å². The first kappa shape index (κ1) is 30.2. The van der Waals surface area contributed by atoms with Crippen LogP contribution in [0.2, 0.25) is 0 Å². The number of hydrogen-bond donors (Lipinski definition) is 1. The summed E-state index contributed by atoms with van der Waals surface area (Å²) in [6.07, 6.45) is 1.40. The van der Waals surface area contributed by atoms with Gasteiger partial charge in [-0.1, -0.05) is 48.5 Å². The Morgan fingerprint density at radius 1 is 0.841 bits per heavy atom. The zero-order valence-electron chi connectivity index (χ0n) is 24.2. The quantitative estimate of drug-likeness (QED) is 0.168. The molecule has 1 fully saturated rings. The minimum atomic E-state index is -0.781. The molecule has 0 unspecified atom stereocenters. The van der Waals surface area contributed by atoms with Crippen molar-refractivity contribution in [2.45, 2.75) is 13.8 Å². The normalized spacial score (nSPS) is 13.2. The number of aryl methyl sites for hydroxylation is 2. The minimum Gasteiger partial charge on any atom is -0.493 e. The van der Waals surface area contributed by atoms with E-state index >= 15 is 0 Å². The Kier molecular flexibility index (Phi) is 8.91. The van der Waals surface area contributed by atoms with Gasteiger partial charge in [0.15, 0.2) is 18.1 Å². The number of carbonyl (C=O) groups is 4. The van der Waals surface area contributed by atoms with Gasteiger partial charge in [0, 0.05) is 5.69 Å². The van der Waals surface area contributed by atoms with Crippen molar-refractivity contribution in [1.82, 2.24) is 0 Å². The van der Waals surface area contributed by atoms with Gasteiger partial charge >= 0.3 is 6.03 Å². The Morgan fingerprint density at radius 2 is 1.43 bits per heavy atom. The van der Waals surface area contributed by atoms with E-state index in [0.29, 0.717) is 27.1 Å². The lowest BCUT2D eigenvalue weighted by molar-refractivity contribution is -0.121. The number of hydrogen-bond acceptors (Lipinski definition) is 6. The van der Waals surface area contributed by atoms with E-state index in [1.807, 2.05) is 32.0 Å². The summed E-state index contributed by atoms with van der Waals surface area (Å²) in [7, 11) is 1.44. The van der Waals surface area contributed by atoms with Crippen molar-refractivity contribution in [3.63, 3.8) is 0 Å². The smallest absolute Gasteiger partial charge is 0.343 e. The van der Waals surface area contributed by atoms with Crippen LogP contribution in [0.25, 0.3) is 6.08 Å². The standard InChI is InChI=1S/C34H28BrN3O6/c1-21-14-15-22(2)28(16-21)36-30(39)20-44-31-27(35)18-23(19-29(31)43-3)17-26-32(40)37(24-10-6-4-7-11-24)34(42)38(33(26)41)25-12-8-5-9-13-25/h4-19H,20H2,1-3H3,(H,36,39). The predicted molar refractivity (Wildman–Crippen MR) is 172 cm³/mol. The van der Waals surface area contributed by atoms with E-state index in [1.165, 1.54) is 13.2 Å². The van der Waals surface area contributed by atoms with Crippen LogP contribution >= 0.6 is 15.9 Å². The van der Waals surface area contributed by atoms with Gasteiger partial charge in [-0.3, -0.25) is 14.4 Å². The lowest BCUT2D eigenvalue weighted by atomic mass is 10.0. The van der Waals surface area contributed by atoms with Crippen molar-refractivity contribution >= 4 is 62.8 Å². The molecule has 0 radical (unpaired) electrons. The minimum absolute atomic E-state index is 0.229. The largest absolute Gasteiger partial charge is 0.493 e. The van der Waals surface area contributed by atoms with Crippen LogP contribution in [-0.4, -0.2) is 37.5 Å². The highest BCUT2D eigenvalue weighted by molar-refractivity contribution is 9.10. The van der Waals surface area contributed by atoms with Gasteiger partial charge in [-0.2, -0.15) is 0 Å². The average molecular weight is 655 g/mol. The van der Waals surface area contributed by atoms with E-state index in [2.05, 4.69) is 21.2 Å². The first-order valence-corrected chi connectivity index (χ1v) is 14.4. The Balaban J connectivity index is 1.46. The van der Waals surface area contributed by atoms with E-state index in [9.17, 15) is 19.2 Å². The van der Waals surface area contributed by atoms with Crippen molar-refractivity contribution in [3.8, 4) is 11.5 Å². The number of ether oxygens (including phenoxy) is 2. The van der Waals surface area contributed by atoms with Gasteiger partial charge < -0.3 is 14.8 Å². The molecule has 222 valence electrons. The van der Waals surface area contributed by atoms with Crippen LogP contribution in [0.4, 0.5) is 21.9 Å². The van der Waals surface area contributed by atoms with Crippen LogP contribution in [0, 0.1) is 13.8 Å². The Labute approximate surface area is 262 Å². The molecule has 1 N–H and O–H groups in total. The molecule has 1 aliphatic heterocycles. The van der Waals surface area contributed by atoms with E-state index < -0.39 is 17.8 Å². The van der Waals surface area contributed by atoms with Crippen LogP contribution < -0.4 is 24.6 Å². The van der Waals surface area contributed by atoms with Gasteiger partial charge in [0.25, 0.3) is 17.7 Å². The third kappa shape index (κ3) is 6.25. The topological polar surface area (TPSA) is 105 Å². The van der Waals surface area contributed by atoms with E-state index in [0.717, 1.165) is 20.9 Å². The molecule has 5 rings (SSSR count). The highest BCUT2D eigenvalue weighted by Gasteiger charge is 2.43. The maximum absolute atomic E-state index is 13.7. The number of rotatable bonds is 8. The summed E-state index contributed by atoms with van der Waals surface area (Å²) in [5.74, 6) is -1.37. The van der Waals surface area contributed by atoms with Crippen LogP contribution in [0.5, 0.6) is 11.5 Å². The highest BCUT2D eigenvalue weighted by Crippen LogP contribution is 2.38. The first-order chi connectivity index (χ1) is 21.2. The van der Waals surface area contributed by atoms with Crippen molar-refractivity contribution in [2.75, 3.05) is 28.8 Å². The van der Waals surface area contributed by atoms with Crippen molar-refractivity contribution in [3.05, 3.63) is 118 Å². The molecule has 4 aromatic rings. The number of carbonyl (C=O) groups excluding carboxylic acids is 4. The number of para-hydroxylation sites is 2. The number of barbiturate groups is 1. The second-order valence-corrected chi connectivity index (χ2v) is 10.8. The number of nitrogens with zero attached hydrogens (tertiary/aromatic N) is 2. The van der Waals surface area contributed by atoms with Crippen LogP contribution in [0.15, 0.2) is 101 Å². The van der Waals surface area contributed by atoms with Crippen molar-refractivity contribution in [1.29, 1.82) is 0 Å². The summed E-state index contributed by atoms with van der Waals surface area (Å²) in [4.78, 5) is 55.5. The van der Waals surface area contributed by atoms with Gasteiger partial charge in [0.05, 0.1) is 23.0 Å². The zero-order valence-corrected chi connectivity index (χ0v) is 25.8. The summed E-state index contributed by atoms with van der Waals surface area (Å²) in [5.41, 5.74) is 3.47. The fraction of sp³-hybridized carbons (Fsp3) is 0.118. The molecule has 0 aliphatic carbocycles. The molecule has 0 atom stereocenters. The molecule has 0 aromatic heterocycles. The summed E-state index contributed by atoms with van der Waals surface area (Å²) < 4.78 is 11.8.